The molecule has 1 aliphatic rings. The Hall–Kier alpha value is -2.36. The highest BCUT2D eigenvalue weighted by Crippen LogP contribution is 2.26. The van der Waals surface area contributed by atoms with Crippen LogP contribution in [0.15, 0.2) is 0 Å². The van der Waals surface area contributed by atoms with Crippen molar-refractivity contribution in [3.05, 3.63) is 0 Å². The van der Waals surface area contributed by atoms with Crippen molar-refractivity contribution in [2.45, 2.75) is 102 Å². The van der Waals surface area contributed by atoms with Gasteiger partial charge in [-0.1, -0.05) is 0 Å². The van der Waals surface area contributed by atoms with Crippen molar-refractivity contribution < 1.29 is 44.0 Å². The van der Waals surface area contributed by atoms with Gasteiger partial charge in [0.15, 0.2) is 6.29 Å². The number of amides is 4. The molecule has 1 saturated heterocycles. The molecule has 14 nitrogen and oxygen atoms in total. The summed E-state index contributed by atoms with van der Waals surface area (Å²) in [6.45, 7) is 4.03. The number of aliphatic hydroxyl groups is 3. The van der Waals surface area contributed by atoms with Crippen LogP contribution in [-0.2, 0) is 28.7 Å². The van der Waals surface area contributed by atoms with Crippen LogP contribution in [-0.4, -0.2) is 109 Å². The summed E-state index contributed by atoms with van der Waals surface area (Å²) in [7, 11) is 3.27. The Balaban J connectivity index is 2.74. The summed E-state index contributed by atoms with van der Waals surface area (Å²) in [4.78, 5) is 48.2. The number of hydrogen-bond donors (Lipinski definition) is 8. The highest BCUT2D eigenvalue weighted by molar-refractivity contribution is 5.77. The molecule has 0 aromatic heterocycles. The number of aliphatic hydroxyl groups excluding tert-OH is 3. The van der Waals surface area contributed by atoms with Crippen LogP contribution in [0.1, 0.15) is 59.3 Å². The fraction of sp³-hybridized carbons (Fsp3) is 0.833. The van der Waals surface area contributed by atoms with Crippen LogP contribution in [0.3, 0.4) is 0 Å². The third-order valence-electron chi connectivity index (χ3n) is 6.52. The number of ether oxygens (including phenoxy) is 2. The minimum absolute atomic E-state index is 0.00134. The Bertz CT molecular complexity index is 784. The Kier molecular flexibility index (Phi) is 14.7. The zero-order valence-electron chi connectivity index (χ0n) is 22.9. The Labute approximate surface area is 223 Å². The smallest absolute Gasteiger partial charge is 0.221 e. The first kappa shape index (κ1) is 33.7. The molecule has 1 fully saturated rings. The molecule has 0 aromatic rings. The van der Waals surface area contributed by atoms with Crippen molar-refractivity contribution in [1.82, 2.24) is 26.6 Å². The minimum Gasteiger partial charge on any atom is -0.394 e. The van der Waals surface area contributed by atoms with Gasteiger partial charge in [-0.25, -0.2) is 0 Å². The zero-order chi connectivity index (χ0) is 28.9. The molecule has 14 heteroatoms. The summed E-state index contributed by atoms with van der Waals surface area (Å²) < 4.78 is 11.0. The number of hydrogen-bond acceptors (Lipinski definition) is 10. The summed E-state index contributed by atoms with van der Waals surface area (Å²) >= 11 is 0. The SMILES string of the molecule is CNC(=O)CCC(CCC(=O)NCOC1OC(CO)C(O)C(O)C1NC(C)=O)(CCC(=O)NC(C)C)NC. The van der Waals surface area contributed by atoms with Crippen LogP contribution in [0.2, 0.25) is 0 Å². The molecule has 0 aromatic carbocycles. The lowest BCUT2D eigenvalue weighted by Gasteiger charge is -2.42. The van der Waals surface area contributed by atoms with E-state index in [9.17, 15) is 34.5 Å². The highest BCUT2D eigenvalue weighted by Gasteiger charge is 2.45. The van der Waals surface area contributed by atoms with Crippen LogP contribution in [0.25, 0.3) is 0 Å². The molecule has 0 radical (unpaired) electrons. The summed E-state index contributed by atoms with van der Waals surface area (Å²) in [5.74, 6) is -1.13. The van der Waals surface area contributed by atoms with Crippen molar-refractivity contribution >= 4 is 23.6 Å². The largest absolute Gasteiger partial charge is 0.394 e. The third kappa shape index (κ3) is 11.2. The molecule has 1 heterocycles. The highest BCUT2D eigenvalue weighted by atomic mass is 16.7. The van der Waals surface area contributed by atoms with Crippen LogP contribution >= 0.6 is 0 Å². The monoisotopic (exact) mass is 547 g/mol. The van der Waals surface area contributed by atoms with Gasteiger partial charge in [0.25, 0.3) is 0 Å². The number of nitrogens with one attached hydrogen (secondary N) is 5. The maximum absolute atomic E-state index is 12.6. The van der Waals surface area contributed by atoms with E-state index in [1.54, 1.807) is 14.1 Å². The second kappa shape index (κ2) is 16.6. The average molecular weight is 548 g/mol. The Morgan fingerprint density at radius 3 is 2.03 bits per heavy atom. The lowest BCUT2D eigenvalue weighted by molar-refractivity contribution is -0.271. The topological polar surface area (TPSA) is 208 Å². The normalized spacial score (nSPS) is 24.8. The van der Waals surface area contributed by atoms with Crippen LogP contribution in [0.4, 0.5) is 0 Å². The van der Waals surface area contributed by atoms with E-state index in [-0.39, 0.29) is 49.8 Å². The fourth-order valence-electron chi connectivity index (χ4n) is 4.23. The third-order valence-corrected chi connectivity index (χ3v) is 6.52. The first-order chi connectivity index (χ1) is 17.9. The van der Waals surface area contributed by atoms with E-state index < -0.39 is 48.7 Å². The van der Waals surface area contributed by atoms with Gasteiger partial charge in [-0.05, 0) is 40.2 Å². The summed E-state index contributed by atoms with van der Waals surface area (Å²) in [6, 6.07) is -1.13. The van der Waals surface area contributed by atoms with Crippen LogP contribution in [0.5, 0.6) is 0 Å². The van der Waals surface area contributed by atoms with Crippen LogP contribution < -0.4 is 26.6 Å². The lowest BCUT2D eigenvalue weighted by atomic mass is 9.83. The summed E-state index contributed by atoms with van der Waals surface area (Å²) in [5, 5.41) is 43.4. The maximum atomic E-state index is 12.6. The van der Waals surface area contributed by atoms with Gasteiger partial charge < -0.3 is 51.4 Å². The molecular weight excluding hydrogens is 502 g/mol. The molecule has 6 atom stereocenters. The van der Waals surface area contributed by atoms with Crippen molar-refractivity contribution in [3.63, 3.8) is 0 Å². The van der Waals surface area contributed by atoms with Crippen molar-refractivity contribution in [2.24, 2.45) is 0 Å². The molecule has 0 spiro atoms. The molecule has 8 N–H and O–H groups in total. The van der Waals surface area contributed by atoms with Gasteiger partial charge in [0.2, 0.25) is 23.6 Å². The van der Waals surface area contributed by atoms with Crippen molar-refractivity contribution in [1.29, 1.82) is 0 Å². The van der Waals surface area contributed by atoms with Gasteiger partial charge in [0.1, 0.15) is 31.1 Å². The second-order valence-corrected chi connectivity index (χ2v) is 9.77. The molecule has 4 amide bonds. The zero-order valence-corrected chi connectivity index (χ0v) is 22.9. The van der Waals surface area contributed by atoms with E-state index in [2.05, 4.69) is 26.6 Å². The molecule has 1 aliphatic heterocycles. The second-order valence-electron chi connectivity index (χ2n) is 9.77. The molecular formula is C24H45N5O9. The van der Waals surface area contributed by atoms with Gasteiger partial charge in [0, 0.05) is 44.8 Å². The predicted molar refractivity (Wildman–Crippen MR) is 136 cm³/mol. The number of carbonyl (C=O) groups is 4. The number of carbonyl (C=O) groups excluding carboxylic acids is 4. The number of rotatable bonds is 16. The van der Waals surface area contributed by atoms with Gasteiger partial charge in [-0.2, -0.15) is 0 Å². The molecule has 0 bridgehead atoms. The average Bonchev–Trinajstić information content (AvgIpc) is 2.87. The van der Waals surface area contributed by atoms with Crippen LogP contribution in [0, 0.1) is 0 Å². The van der Waals surface area contributed by atoms with E-state index in [4.69, 9.17) is 9.47 Å². The van der Waals surface area contributed by atoms with E-state index in [0.29, 0.717) is 19.3 Å². The maximum Gasteiger partial charge on any atom is 0.221 e. The summed E-state index contributed by atoms with van der Waals surface area (Å²) in [6.07, 6.45) is -3.61. The molecule has 0 saturated carbocycles. The van der Waals surface area contributed by atoms with Gasteiger partial charge in [-0.3, -0.25) is 19.2 Å². The Morgan fingerprint density at radius 1 is 0.947 bits per heavy atom. The molecule has 1 rings (SSSR count). The molecule has 6 unspecified atom stereocenters. The fourth-order valence-corrected chi connectivity index (χ4v) is 4.23. The van der Waals surface area contributed by atoms with Gasteiger partial charge in [0.05, 0.1) is 6.61 Å². The molecule has 0 aliphatic carbocycles. The van der Waals surface area contributed by atoms with Gasteiger partial charge in [-0.15, -0.1) is 0 Å². The van der Waals surface area contributed by atoms with E-state index >= 15 is 0 Å². The minimum atomic E-state index is -1.46. The Morgan fingerprint density at radius 2 is 1.53 bits per heavy atom. The lowest BCUT2D eigenvalue weighted by Crippen LogP contribution is -2.64. The first-order valence-electron chi connectivity index (χ1n) is 12.8. The first-order valence-corrected chi connectivity index (χ1v) is 12.8. The summed E-state index contributed by atoms with van der Waals surface area (Å²) in [5.41, 5.74) is -0.642. The van der Waals surface area contributed by atoms with E-state index in [1.165, 1.54) is 6.92 Å². The quantitative estimate of drug-likeness (QED) is 0.0960. The van der Waals surface area contributed by atoms with Crippen molar-refractivity contribution in [3.8, 4) is 0 Å². The van der Waals surface area contributed by atoms with Crippen molar-refractivity contribution in [2.75, 3.05) is 27.4 Å². The standard InChI is InChI=1S/C24H45N5O9/c1-14(2)28-19(34)8-11-24(26-5,9-6-17(32)25-4)10-7-18(33)27-13-37-23-20(29-15(3)31)22(36)21(35)16(12-30)38-23/h14,16,20-23,26,30,35-36H,6-13H2,1-5H3,(H,25,32)(H,27,33)(H,28,34)(H,29,31). The van der Waals surface area contributed by atoms with E-state index in [1.807, 2.05) is 13.8 Å². The van der Waals surface area contributed by atoms with Gasteiger partial charge >= 0.3 is 0 Å². The van der Waals surface area contributed by atoms with E-state index in [0.717, 1.165) is 0 Å². The molecule has 38 heavy (non-hydrogen) atoms. The predicted octanol–water partition coefficient (Wildman–Crippen LogP) is -2.41. The molecule has 220 valence electrons.